The molecule has 1 fully saturated rings. The first-order valence-electron chi connectivity index (χ1n) is 8.43. The summed E-state index contributed by atoms with van der Waals surface area (Å²) in [5, 5.41) is 9.80. The molecule has 1 saturated heterocycles. The predicted molar refractivity (Wildman–Crippen MR) is 92.7 cm³/mol. The van der Waals surface area contributed by atoms with Crippen molar-refractivity contribution in [2.75, 3.05) is 20.3 Å². The number of hydrogen-bond donors (Lipinski definition) is 1. The Morgan fingerprint density at radius 3 is 2.48 bits per heavy atom. The van der Waals surface area contributed by atoms with Crippen LogP contribution in [0.1, 0.15) is 23.6 Å². The van der Waals surface area contributed by atoms with Crippen molar-refractivity contribution in [2.45, 2.75) is 24.9 Å². The first-order valence-corrected chi connectivity index (χ1v) is 8.43. The molecule has 0 unspecified atom stereocenters. The molecule has 3 nitrogen and oxygen atoms in total. The summed E-state index contributed by atoms with van der Waals surface area (Å²) < 4.78 is 34.0. The molecule has 3 rings (SSSR count). The van der Waals surface area contributed by atoms with Crippen molar-refractivity contribution in [1.82, 2.24) is 4.90 Å². The molecule has 2 aromatic carbocycles. The van der Waals surface area contributed by atoms with Gasteiger partial charge in [0.15, 0.2) is 0 Å². The molecule has 2 atom stereocenters. The molecule has 5 heteroatoms. The number of methoxy groups -OCH3 is 1. The lowest BCUT2D eigenvalue weighted by atomic mass is 9.83. The van der Waals surface area contributed by atoms with E-state index in [1.165, 1.54) is 0 Å². The molecule has 1 aliphatic rings. The molecule has 0 spiro atoms. The second-order valence-corrected chi connectivity index (χ2v) is 6.58. The monoisotopic (exact) mass is 347 g/mol. The SMILES string of the molecule is COc1ccccc1[C@@H]1[C@@H](CO)CC(F)(F)CN1Cc1ccccc1. The average molecular weight is 347 g/mol. The van der Waals surface area contributed by atoms with Gasteiger partial charge in [-0.15, -0.1) is 0 Å². The first kappa shape index (κ1) is 17.8. The number of piperidine rings is 1. The van der Waals surface area contributed by atoms with Gasteiger partial charge in [0.25, 0.3) is 5.92 Å². The van der Waals surface area contributed by atoms with Gasteiger partial charge in [-0.3, -0.25) is 4.90 Å². The molecular weight excluding hydrogens is 324 g/mol. The van der Waals surface area contributed by atoms with Crippen LogP contribution in [0.3, 0.4) is 0 Å². The van der Waals surface area contributed by atoms with E-state index in [1.54, 1.807) is 12.0 Å². The second kappa shape index (κ2) is 7.50. The normalized spacial score (nSPS) is 23.4. The molecule has 0 aliphatic carbocycles. The molecule has 0 amide bonds. The van der Waals surface area contributed by atoms with E-state index in [0.717, 1.165) is 11.1 Å². The van der Waals surface area contributed by atoms with Crippen LogP contribution in [-0.2, 0) is 6.54 Å². The third kappa shape index (κ3) is 3.99. The van der Waals surface area contributed by atoms with E-state index in [-0.39, 0.29) is 25.6 Å². The van der Waals surface area contributed by atoms with Crippen LogP contribution in [0, 0.1) is 5.92 Å². The minimum absolute atomic E-state index is 0.288. The van der Waals surface area contributed by atoms with Crippen LogP contribution >= 0.6 is 0 Å². The van der Waals surface area contributed by atoms with Crippen LogP contribution in [0.4, 0.5) is 8.78 Å². The van der Waals surface area contributed by atoms with Gasteiger partial charge < -0.3 is 9.84 Å². The Kier molecular flexibility index (Phi) is 5.35. The summed E-state index contributed by atoms with van der Waals surface area (Å²) in [4.78, 5) is 1.76. The predicted octanol–water partition coefficient (Wildman–Crippen LogP) is 3.89. The standard InChI is InChI=1S/C20H23F2NO2/c1-25-18-10-6-5-9-17(18)19-16(13-24)11-20(21,22)14-23(19)12-15-7-3-2-4-8-15/h2-10,16,19,24H,11-14H2,1H3/t16-,19+/m1/s1. The van der Waals surface area contributed by atoms with Crippen LogP contribution in [0.5, 0.6) is 5.75 Å². The fourth-order valence-corrected chi connectivity index (χ4v) is 3.75. The Hall–Kier alpha value is -1.98. The number of ether oxygens (including phenoxy) is 1. The average Bonchev–Trinajstić information content (AvgIpc) is 2.61. The van der Waals surface area contributed by atoms with E-state index in [4.69, 9.17) is 4.74 Å². The van der Waals surface area contributed by atoms with E-state index >= 15 is 0 Å². The van der Waals surface area contributed by atoms with Gasteiger partial charge in [-0.1, -0.05) is 48.5 Å². The molecular formula is C20H23F2NO2. The minimum Gasteiger partial charge on any atom is -0.496 e. The van der Waals surface area contributed by atoms with Crippen molar-refractivity contribution in [2.24, 2.45) is 5.92 Å². The summed E-state index contributed by atoms with van der Waals surface area (Å²) in [5.74, 6) is -2.71. The third-order valence-electron chi connectivity index (χ3n) is 4.76. The zero-order valence-corrected chi connectivity index (χ0v) is 14.2. The molecule has 0 radical (unpaired) electrons. The second-order valence-electron chi connectivity index (χ2n) is 6.58. The molecule has 0 saturated carbocycles. The molecule has 2 aromatic rings. The topological polar surface area (TPSA) is 32.7 Å². The number of nitrogens with zero attached hydrogens (tertiary/aromatic N) is 1. The van der Waals surface area contributed by atoms with Gasteiger partial charge in [-0.25, -0.2) is 8.78 Å². The van der Waals surface area contributed by atoms with Crippen LogP contribution in [0.2, 0.25) is 0 Å². The molecule has 0 aromatic heterocycles. The van der Waals surface area contributed by atoms with E-state index in [9.17, 15) is 13.9 Å². The highest BCUT2D eigenvalue weighted by atomic mass is 19.3. The Balaban J connectivity index is 1.99. The van der Waals surface area contributed by atoms with Gasteiger partial charge in [0.2, 0.25) is 0 Å². The van der Waals surface area contributed by atoms with Crippen LogP contribution < -0.4 is 4.74 Å². The Labute approximate surface area is 146 Å². The summed E-state index contributed by atoms with van der Waals surface area (Å²) >= 11 is 0. The summed E-state index contributed by atoms with van der Waals surface area (Å²) in [7, 11) is 1.58. The lowest BCUT2D eigenvalue weighted by Crippen LogP contribution is -2.49. The van der Waals surface area contributed by atoms with Crippen molar-refractivity contribution < 1.29 is 18.6 Å². The molecule has 0 bridgehead atoms. The van der Waals surface area contributed by atoms with Crippen molar-refractivity contribution in [3.8, 4) is 5.75 Å². The van der Waals surface area contributed by atoms with Gasteiger partial charge in [-0.2, -0.15) is 0 Å². The maximum Gasteiger partial charge on any atom is 0.261 e. The van der Waals surface area contributed by atoms with E-state index in [2.05, 4.69) is 0 Å². The van der Waals surface area contributed by atoms with Gasteiger partial charge in [0.05, 0.1) is 13.7 Å². The van der Waals surface area contributed by atoms with Crippen LogP contribution in [0.25, 0.3) is 0 Å². The molecule has 134 valence electrons. The lowest BCUT2D eigenvalue weighted by molar-refractivity contribution is -0.120. The number of para-hydroxylation sites is 1. The zero-order chi connectivity index (χ0) is 17.9. The van der Waals surface area contributed by atoms with Crippen LogP contribution in [0.15, 0.2) is 54.6 Å². The highest BCUT2D eigenvalue weighted by molar-refractivity contribution is 5.37. The summed E-state index contributed by atoms with van der Waals surface area (Å²) in [6, 6.07) is 16.7. The van der Waals surface area contributed by atoms with E-state index in [0.29, 0.717) is 12.3 Å². The lowest BCUT2D eigenvalue weighted by Gasteiger charge is -2.44. The quantitative estimate of drug-likeness (QED) is 0.891. The maximum absolute atomic E-state index is 14.3. The number of rotatable bonds is 5. The number of hydrogen-bond acceptors (Lipinski definition) is 3. The van der Waals surface area contributed by atoms with Crippen molar-refractivity contribution >= 4 is 0 Å². The highest BCUT2D eigenvalue weighted by Crippen LogP contribution is 2.45. The fraction of sp³-hybridized carbons (Fsp3) is 0.400. The molecule has 25 heavy (non-hydrogen) atoms. The number of alkyl halides is 2. The summed E-state index contributed by atoms with van der Waals surface area (Å²) in [6.07, 6.45) is -0.322. The first-order chi connectivity index (χ1) is 12.0. The van der Waals surface area contributed by atoms with Crippen LogP contribution in [-0.4, -0.2) is 36.2 Å². The summed E-state index contributed by atoms with van der Waals surface area (Å²) in [5.41, 5.74) is 1.81. The maximum atomic E-state index is 14.3. The number of likely N-dealkylation sites (tertiary alicyclic amines) is 1. The molecule has 1 heterocycles. The Morgan fingerprint density at radius 1 is 1.12 bits per heavy atom. The van der Waals surface area contributed by atoms with E-state index < -0.39 is 11.8 Å². The number of aliphatic hydroxyl groups is 1. The van der Waals surface area contributed by atoms with Gasteiger partial charge in [-0.05, 0) is 11.6 Å². The Bertz CT molecular complexity index is 693. The van der Waals surface area contributed by atoms with Crippen molar-refractivity contribution in [1.29, 1.82) is 0 Å². The Morgan fingerprint density at radius 2 is 1.80 bits per heavy atom. The minimum atomic E-state index is -2.82. The number of aliphatic hydroxyl groups excluding tert-OH is 1. The molecule has 1 N–H and O–H groups in total. The van der Waals surface area contributed by atoms with Gasteiger partial charge >= 0.3 is 0 Å². The highest BCUT2D eigenvalue weighted by Gasteiger charge is 2.46. The summed E-state index contributed by atoms with van der Waals surface area (Å²) in [6.45, 7) is -0.222. The largest absolute Gasteiger partial charge is 0.496 e. The number of benzene rings is 2. The van der Waals surface area contributed by atoms with Crippen molar-refractivity contribution in [3.05, 3.63) is 65.7 Å². The third-order valence-corrected chi connectivity index (χ3v) is 4.76. The van der Waals surface area contributed by atoms with E-state index in [1.807, 2.05) is 54.6 Å². The zero-order valence-electron chi connectivity index (χ0n) is 14.2. The van der Waals surface area contributed by atoms with Gasteiger partial charge in [0, 0.05) is 37.1 Å². The van der Waals surface area contributed by atoms with Gasteiger partial charge in [0.1, 0.15) is 5.75 Å². The van der Waals surface area contributed by atoms with Crippen molar-refractivity contribution in [3.63, 3.8) is 0 Å². The molecule has 1 aliphatic heterocycles. The number of halogens is 2. The fourth-order valence-electron chi connectivity index (χ4n) is 3.75. The smallest absolute Gasteiger partial charge is 0.261 e.